The van der Waals surface area contributed by atoms with E-state index in [4.69, 9.17) is 18.8 Å². The predicted molar refractivity (Wildman–Crippen MR) is 76.7 cm³/mol. The Bertz CT molecular complexity index is 763. The SMILES string of the molecule is COc1cccc(-c2noc(-c3ccccc3)n2)c1.O=C=O. The van der Waals surface area contributed by atoms with E-state index < -0.39 is 0 Å². The third-order valence-electron chi connectivity index (χ3n) is 2.77. The van der Waals surface area contributed by atoms with Gasteiger partial charge < -0.3 is 9.26 Å². The van der Waals surface area contributed by atoms with Gasteiger partial charge in [-0.1, -0.05) is 35.5 Å². The molecule has 0 atom stereocenters. The average Bonchev–Trinajstić information content (AvgIpc) is 3.06. The van der Waals surface area contributed by atoms with Gasteiger partial charge >= 0.3 is 6.15 Å². The van der Waals surface area contributed by atoms with Gasteiger partial charge in [-0.25, -0.2) is 0 Å². The Hall–Kier alpha value is -3.24. The Morgan fingerprint density at radius 3 is 2.36 bits per heavy atom. The van der Waals surface area contributed by atoms with Crippen molar-refractivity contribution >= 4 is 6.15 Å². The standard InChI is InChI=1S/C15H12N2O2.CO2/c1-18-13-9-5-8-12(10-13)14-16-15(19-17-14)11-6-3-2-4-7-11;2-1-3/h2-10H,1H3;. The van der Waals surface area contributed by atoms with E-state index >= 15 is 0 Å². The molecular weight excluding hydrogens is 284 g/mol. The van der Waals surface area contributed by atoms with Crippen molar-refractivity contribution in [2.45, 2.75) is 0 Å². The van der Waals surface area contributed by atoms with Gasteiger partial charge in [0.05, 0.1) is 7.11 Å². The maximum Gasteiger partial charge on any atom is 0.373 e. The van der Waals surface area contributed by atoms with Crippen molar-refractivity contribution in [2.24, 2.45) is 0 Å². The van der Waals surface area contributed by atoms with E-state index in [1.165, 1.54) is 0 Å². The second-order valence-corrected chi connectivity index (χ2v) is 4.10. The first-order valence-corrected chi connectivity index (χ1v) is 6.31. The zero-order valence-electron chi connectivity index (χ0n) is 11.7. The molecule has 6 nitrogen and oxygen atoms in total. The third-order valence-corrected chi connectivity index (χ3v) is 2.77. The van der Waals surface area contributed by atoms with Crippen LogP contribution in [0.25, 0.3) is 22.8 Å². The fourth-order valence-corrected chi connectivity index (χ4v) is 1.80. The summed E-state index contributed by atoms with van der Waals surface area (Å²) in [5.41, 5.74) is 1.77. The lowest BCUT2D eigenvalue weighted by molar-refractivity contribution is -0.191. The highest BCUT2D eigenvalue weighted by Gasteiger charge is 2.10. The smallest absolute Gasteiger partial charge is 0.373 e. The number of benzene rings is 2. The lowest BCUT2D eigenvalue weighted by Gasteiger charge is -1.99. The van der Waals surface area contributed by atoms with Gasteiger partial charge in [-0.3, -0.25) is 0 Å². The van der Waals surface area contributed by atoms with Crippen LogP contribution < -0.4 is 4.74 Å². The van der Waals surface area contributed by atoms with Crippen LogP contribution in [0.1, 0.15) is 0 Å². The molecule has 110 valence electrons. The Balaban J connectivity index is 0.000000545. The third kappa shape index (κ3) is 3.65. The van der Waals surface area contributed by atoms with Crippen molar-refractivity contribution in [1.82, 2.24) is 10.1 Å². The first-order chi connectivity index (χ1) is 10.8. The molecule has 1 aromatic heterocycles. The van der Waals surface area contributed by atoms with Gasteiger partial charge in [-0.15, -0.1) is 0 Å². The number of rotatable bonds is 3. The van der Waals surface area contributed by atoms with Crippen LogP contribution in [0.5, 0.6) is 5.75 Å². The summed E-state index contributed by atoms with van der Waals surface area (Å²) in [4.78, 5) is 20.6. The molecule has 3 rings (SSSR count). The Morgan fingerprint density at radius 2 is 1.68 bits per heavy atom. The molecule has 0 aliphatic heterocycles. The molecule has 0 aliphatic rings. The number of methoxy groups -OCH3 is 1. The lowest BCUT2D eigenvalue weighted by Crippen LogP contribution is -1.85. The summed E-state index contributed by atoms with van der Waals surface area (Å²) < 4.78 is 10.5. The minimum atomic E-state index is 0.250. The van der Waals surface area contributed by atoms with Crippen LogP contribution in [0, 0.1) is 0 Å². The van der Waals surface area contributed by atoms with Gasteiger partial charge in [0, 0.05) is 11.1 Å². The number of aromatic nitrogens is 2. The monoisotopic (exact) mass is 296 g/mol. The molecule has 0 saturated carbocycles. The van der Waals surface area contributed by atoms with E-state index in [0.717, 1.165) is 16.9 Å². The molecule has 0 unspecified atom stereocenters. The van der Waals surface area contributed by atoms with E-state index in [0.29, 0.717) is 11.7 Å². The molecule has 0 saturated heterocycles. The summed E-state index contributed by atoms with van der Waals surface area (Å²) >= 11 is 0. The predicted octanol–water partition coefficient (Wildman–Crippen LogP) is 2.83. The van der Waals surface area contributed by atoms with E-state index in [2.05, 4.69) is 10.1 Å². The minimum absolute atomic E-state index is 0.250. The largest absolute Gasteiger partial charge is 0.497 e. The first kappa shape index (κ1) is 15.2. The topological polar surface area (TPSA) is 82.3 Å². The molecule has 2 aromatic carbocycles. The van der Waals surface area contributed by atoms with Gasteiger partial charge in [-0.05, 0) is 24.3 Å². The Labute approximate surface area is 126 Å². The van der Waals surface area contributed by atoms with Gasteiger partial charge in [-0.2, -0.15) is 14.6 Å². The minimum Gasteiger partial charge on any atom is -0.497 e. The maximum absolute atomic E-state index is 8.12. The van der Waals surface area contributed by atoms with Crippen molar-refractivity contribution in [3.05, 3.63) is 54.6 Å². The van der Waals surface area contributed by atoms with Gasteiger partial charge in [0.2, 0.25) is 5.82 Å². The molecule has 0 amide bonds. The molecule has 22 heavy (non-hydrogen) atoms. The van der Waals surface area contributed by atoms with Crippen molar-refractivity contribution in [2.75, 3.05) is 7.11 Å². The quantitative estimate of drug-likeness (QED) is 0.739. The van der Waals surface area contributed by atoms with Crippen molar-refractivity contribution in [3.63, 3.8) is 0 Å². The Kier molecular flexibility index (Phi) is 5.18. The van der Waals surface area contributed by atoms with E-state index in [1.807, 2.05) is 54.6 Å². The molecule has 1 heterocycles. The normalized spacial score (nSPS) is 9.32. The van der Waals surface area contributed by atoms with E-state index in [1.54, 1.807) is 7.11 Å². The summed E-state index contributed by atoms with van der Waals surface area (Å²) in [6.07, 6.45) is 0.250. The molecule has 0 bridgehead atoms. The first-order valence-electron chi connectivity index (χ1n) is 6.31. The molecule has 0 N–H and O–H groups in total. The lowest BCUT2D eigenvalue weighted by atomic mass is 10.2. The highest BCUT2D eigenvalue weighted by Crippen LogP contribution is 2.24. The van der Waals surface area contributed by atoms with Crippen molar-refractivity contribution in [3.8, 4) is 28.6 Å². The number of nitrogens with zero attached hydrogens (tertiary/aromatic N) is 2. The maximum atomic E-state index is 8.12. The van der Waals surface area contributed by atoms with Crippen LogP contribution in [0.3, 0.4) is 0 Å². The number of ether oxygens (including phenoxy) is 1. The summed E-state index contributed by atoms with van der Waals surface area (Å²) in [7, 11) is 1.63. The van der Waals surface area contributed by atoms with E-state index in [9.17, 15) is 0 Å². The van der Waals surface area contributed by atoms with Gasteiger partial charge in [0.25, 0.3) is 5.89 Å². The van der Waals surface area contributed by atoms with Crippen LogP contribution in [0.4, 0.5) is 0 Å². The molecule has 3 aromatic rings. The molecule has 0 aliphatic carbocycles. The molecule has 0 fully saturated rings. The van der Waals surface area contributed by atoms with Crippen LogP contribution in [0.15, 0.2) is 59.1 Å². The van der Waals surface area contributed by atoms with Crippen LogP contribution in [-0.4, -0.2) is 23.4 Å². The number of carbonyl (C=O) groups excluding carboxylic acids is 2. The number of hydrogen-bond acceptors (Lipinski definition) is 6. The van der Waals surface area contributed by atoms with Crippen LogP contribution >= 0.6 is 0 Å². The van der Waals surface area contributed by atoms with Crippen molar-refractivity contribution in [1.29, 1.82) is 0 Å². The summed E-state index contributed by atoms with van der Waals surface area (Å²) in [5.74, 6) is 1.83. The summed E-state index contributed by atoms with van der Waals surface area (Å²) in [5, 5.41) is 4.00. The molecule has 6 heteroatoms. The molecular formula is C16H12N2O4. The number of hydrogen-bond donors (Lipinski definition) is 0. The Morgan fingerprint density at radius 1 is 1.00 bits per heavy atom. The molecule has 0 radical (unpaired) electrons. The zero-order valence-corrected chi connectivity index (χ0v) is 11.7. The van der Waals surface area contributed by atoms with Crippen LogP contribution in [-0.2, 0) is 9.59 Å². The summed E-state index contributed by atoms with van der Waals surface area (Å²) in [6.45, 7) is 0. The van der Waals surface area contributed by atoms with E-state index in [-0.39, 0.29) is 6.15 Å². The highest BCUT2D eigenvalue weighted by atomic mass is 16.5. The zero-order chi connectivity index (χ0) is 15.8. The van der Waals surface area contributed by atoms with Gasteiger partial charge in [0.15, 0.2) is 0 Å². The highest BCUT2D eigenvalue weighted by molar-refractivity contribution is 5.60. The fraction of sp³-hybridized carbons (Fsp3) is 0.0625. The van der Waals surface area contributed by atoms with Crippen molar-refractivity contribution < 1.29 is 18.8 Å². The summed E-state index contributed by atoms with van der Waals surface area (Å²) in [6, 6.07) is 17.3. The second kappa shape index (κ2) is 7.52. The van der Waals surface area contributed by atoms with Gasteiger partial charge in [0.1, 0.15) is 5.75 Å². The average molecular weight is 296 g/mol. The van der Waals surface area contributed by atoms with Crippen LogP contribution in [0.2, 0.25) is 0 Å². The molecule has 0 spiro atoms. The fourth-order valence-electron chi connectivity index (χ4n) is 1.80. The second-order valence-electron chi connectivity index (χ2n) is 4.10.